The Morgan fingerprint density at radius 1 is 1.26 bits per heavy atom. The molecule has 1 aromatic heterocycles. The van der Waals surface area contributed by atoms with E-state index in [1.54, 1.807) is 0 Å². The number of nitrogens with zero attached hydrogens (tertiary/aromatic N) is 1. The quantitative estimate of drug-likeness (QED) is 0.890. The zero-order valence-corrected chi connectivity index (χ0v) is 13.6. The van der Waals surface area contributed by atoms with E-state index < -0.39 is 0 Å². The highest BCUT2D eigenvalue weighted by atomic mass is 79.9. The molecule has 3 heteroatoms. The van der Waals surface area contributed by atoms with Crippen LogP contribution >= 0.6 is 15.9 Å². The minimum Gasteiger partial charge on any atom is -0.352 e. The van der Waals surface area contributed by atoms with Crippen LogP contribution in [0.1, 0.15) is 35.5 Å². The van der Waals surface area contributed by atoms with Gasteiger partial charge >= 0.3 is 0 Å². The van der Waals surface area contributed by atoms with E-state index >= 15 is 0 Å². The van der Waals surface area contributed by atoms with Crippen LogP contribution in [0.15, 0.2) is 34.8 Å². The number of aryl methyl sites for hydroxylation is 1. The zero-order valence-electron chi connectivity index (χ0n) is 12.0. The van der Waals surface area contributed by atoms with Crippen LogP contribution in [0.4, 0.5) is 0 Å². The summed E-state index contributed by atoms with van der Waals surface area (Å²) in [7, 11) is 2.12. The second-order valence-electron chi connectivity index (χ2n) is 5.11. The average Bonchev–Trinajstić information content (AvgIpc) is 2.63. The largest absolute Gasteiger partial charge is 0.352 e. The topological polar surface area (TPSA) is 17.0 Å². The summed E-state index contributed by atoms with van der Waals surface area (Å²) in [4.78, 5) is 0. The third-order valence-corrected chi connectivity index (χ3v) is 4.32. The molecule has 0 saturated carbocycles. The summed E-state index contributed by atoms with van der Waals surface area (Å²) in [5, 5.41) is 3.59. The predicted molar refractivity (Wildman–Crippen MR) is 84.3 cm³/mol. The van der Waals surface area contributed by atoms with Crippen molar-refractivity contribution in [2.75, 3.05) is 0 Å². The number of aromatic nitrogens is 1. The van der Waals surface area contributed by atoms with Gasteiger partial charge in [-0.15, -0.1) is 0 Å². The molecule has 102 valence electrons. The standard InChI is InChI=1S/C16H21BrN2/c1-11-8-15(13(3)19(11)4)10-18-12(2)14-6-5-7-16(17)9-14/h5-9,12,18H,10H2,1-4H3/t12-/m1/s1. The Labute approximate surface area is 124 Å². The molecular formula is C16H21BrN2. The van der Waals surface area contributed by atoms with E-state index in [0.29, 0.717) is 6.04 Å². The van der Waals surface area contributed by atoms with Gasteiger partial charge in [0.2, 0.25) is 0 Å². The second kappa shape index (κ2) is 5.93. The molecule has 19 heavy (non-hydrogen) atoms. The molecule has 0 aliphatic carbocycles. The Morgan fingerprint density at radius 2 is 2.00 bits per heavy atom. The van der Waals surface area contributed by atoms with Crippen LogP contribution in [0.5, 0.6) is 0 Å². The fourth-order valence-corrected chi connectivity index (χ4v) is 2.69. The van der Waals surface area contributed by atoms with Crippen molar-refractivity contribution in [3.05, 3.63) is 57.3 Å². The first-order valence-corrected chi connectivity index (χ1v) is 7.39. The van der Waals surface area contributed by atoms with Gasteiger partial charge in [0.25, 0.3) is 0 Å². The van der Waals surface area contributed by atoms with E-state index in [-0.39, 0.29) is 0 Å². The van der Waals surface area contributed by atoms with Crippen molar-refractivity contribution in [3.8, 4) is 0 Å². The Morgan fingerprint density at radius 3 is 2.58 bits per heavy atom. The van der Waals surface area contributed by atoms with E-state index in [1.807, 2.05) is 0 Å². The van der Waals surface area contributed by atoms with Gasteiger partial charge < -0.3 is 9.88 Å². The van der Waals surface area contributed by atoms with Gasteiger partial charge in [-0.05, 0) is 50.1 Å². The smallest absolute Gasteiger partial charge is 0.0295 e. The number of hydrogen-bond donors (Lipinski definition) is 1. The molecule has 2 nitrogen and oxygen atoms in total. The molecule has 1 heterocycles. The van der Waals surface area contributed by atoms with Crippen LogP contribution in [0.2, 0.25) is 0 Å². The summed E-state index contributed by atoms with van der Waals surface area (Å²) < 4.78 is 3.37. The normalized spacial score (nSPS) is 12.7. The van der Waals surface area contributed by atoms with Crippen molar-refractivity contribution in [2.24, 2.45) is 7.05 Å². The Bertz CT molecular complexity index is 572. The van der Waals surface area contributed by atoms with Crippen LogP contribution < -0.4 is 5.32 Å². The van der Waals surface area contributed by atoms with Gasteiger partial charge in [-0.2, -0.15) is 0 Å². The fourth-order valence-electron chi connectivity index (χ4n) is 2.27. The van der Waals surface area contributed by atoms with E-state index in [0.717, 1.165) is 11.0 Å². The van der Waals surface area contributed by atoms with Crippen molar-refractivity contribution in [3.63, 3.8) is 0 Å². The molecule has 0 amide bonds. The van der Waals surface area contributed by atoms with Crippen molar-refractivity contribution < 1.29 is 0 Å². The van der Waals surface area contributed by atoms with Crippen LogP contribution in [-0.2, 0) is 13.6 Å². The van der Waals surface area contributed by atoms with Gasteiger partial charge in [0.1, 0.15) is 0 Å². The van der Waals surface area contributed by atoms with Gasteiger partial charge in [-0.3, -0.25) is 0 Å². The lowest BCUT2D eigenvalue weighted by molar-refractivity contribution is 0.572. The summed E-state index contributed by atoms with van der Waals surface area (Å²) in [5.41, 5.74) is 5.33. The highest BCUT2D eigenvalue weighted by Gasteiger charge is 2.09. The Balaban J connectivity index is 2.04. The number of nitrogens with one attached hydrogen (secondary N) is 1. The predicted octanol–water partition coefficient (Wildman–Crippen LogP) is 4.26. The molecule has 0 bridgehead atoms. The lowest BCUT2D eigenvalue weighted by atomic mass is 10.1. The molecule has 1 N–H and O–H groups in total. The molecule has 2 aromatic rings. The molecular weight excluding hydrogens is 300 g/mol. The molecule has 0 saturated heterocycles. The Hall–Kier alpha value is -1.06. The molecule has 0 spiro atoms. The van der Waals surface area contributed by atoms with Gasteiger partial charge in [-0.25, -0.2) is 0 Å². The monoisotopic (exact) mass is 320 g/mol. The van der Waals surface area contributed by atoms with Crippen LogP contribution in [-0.4, -0.2) is 4.57 Å². The van der Waals surface area contributed by atoms with Crippen LogP contribution in [0, 0.1) is 13.8 Å². The maximum Gasteiger partial charge on any atom is 0.0295 e. The molecule has 2 rings (SSSR count). The zero-order chi connectivity index (χ0) is 14.0. The molecule has 1 atom stereocenters. The van der Waals surface area contributed by atoms with Crippen molar-refractivity contribution >= 4 is 15.9 Å². The van der Waals surface area contributed by atoms with Crippen molar-refractivity contribution in [2.45, 2.75) is 33.4 Å². The van der Waals surface area contributed by atoms with Gasteiger partial charge in [0.05, 0.1) is 0 Å². The van der Waals surface area contributed by atoms with Crippen LogP contribution in [0.25, 0.3) is 0 Å². The summed E-state index contributed by atoms with van der Waals surface area (Å²) in [6.07, 6.45) is 0. The fraction of sp³-hybridized carbons (Fsp3) is 0.375. The maximum atomic E-state index is 3.59. The van der Waals surface area contributed by atoms with Crippen molar-refractivity contribution in [1.29, 1.82) is 0 Å². The first-order chi connectivity index (χ1) is 8.99. The second-order valence-corrected chi connectivity index (χ2v) is 6.03. The highest BCUT2D eigenvalue weighted by molar-refractivity contribution is 9.10. The van der Waals surface area contributed by atoms with Gasteiger partial charge in [0.15, 0.2) is 0 Å². The minimum absolute atomic E-state index is 0.345. The van der Waals surface area contributed by atoms with E-state index in [2.05, 4.69) is 84.0 Å². The van der Waals surface area contributed by atoms with E-state index in [9.17, 15) is 0 Å². The third-order valence-electron chi connectivity index (χ3n) is 3.83. The molecule has 0 aliphatic rings. The first kappa shape index (κ1) is 14.4. The van der Waals surface area contributed by atoms with Crippen LogP contribution in [0.3, 0.4) is 0 Å². The van der Waals surface area contributed by atoms with E-state index in [4.69, 9.17) is 0 Å². The van der Waals surface area contributed by atoms with Gasteiger partial charge in [0, 0.05) is 35.5 Å². The highest BCUT2D eigenvalue weighted by Crippen LogP contribution is 2.19. The number of benzene rings is 1. The molecule has 0 fully saturated rings. The third kappa shape index (κ3) is 3.28. The average molecular weight is 321 g/mol. The summed E-state index contributed by atoms with van der Waals surface area (Å²) in [5.74, 6) is 0. The lowest BCUT2D eigenvalue weighted by Gasteiger charge is -2.14. The number of rotatable bonds is 4. The maximum absolute atomic E-state index is 3.59. The minimum atomic E-state index is 0.345. The molecule has 0 aliphatic heterocycles. The Kier molecular flexibility index (Phi) is 4.48. The van der Waals surface area contributed by atoms with Crippen molar-refractivity contribution in [1.82, 2.24) is 9.88 Å². The first-order valence-electron chi connectivity index (χ1n) is 6.59. The summed E-state index contributed by atoms with van der Waals surface area (Å²) in [6, 6.07) is 11.1. The number of halogens is 1. The lowest BCUT2D eigenvalue weighted by Crippen LogP contribution is -2.18. The summed E-state index contributed by atoms with van der Waals surface area (Å²) >= 11 is 3.52. The SMILES string of the molecule is Cc1cc(CN[C@H](C)c2cccc(Br)c2)c(C)n1C. The molecule has 0 radical (unpaired) electrons. The van der Waals surface area contributed by atoms with Gasteiger partial charge in [-0.1, -0.05) is 28.1 Å². The summed E-state index contributed by atoms with van der Waals surface area (Å²) in [6.45, 7) is 7.43. The number of hydrogen-bond acceptors (Lipinski definition) is 1. The molecule has 0 unspecified atom stereocenters. The van der Waals surface area contributed by atoms with E-state index in [1.165, 1.54) is 22.5 Å². The molecule has 1 aromatic carbocycles.